The molecule has 1 rings (SSSR count). The molecule has 1 aromatic heterocycles. The van der Waals surface area contributed by atoms with E-state index in [0.717, 1.165) is 18.5 Å². The Morgan fingerprint density at radius 3 is 2.86 bits per heavy atom. The zero-order chi connectivity index (χ0) is 10.4. The first kappa shape index (κ1) is 11.1. The third-order valence-corrected chi connectivity index (χ3v) is 2.11. The fourth-order valence-electron chi connectivity index (χ4n) is 1.21. The number of rotatable bonds is 5. The molecule has 0 unspecified atom stereocenters. The molecule has 2 nitrogen and oxygen atoms in total. The molecule has 0 aliphatic carbocycles. The molecule has 0 saturated carbocycles. The van der Waals surface area contributed by atoms with Crippen LogP contribution in [0.1, 0.15) is 32.8 Å². The van der Waals surface area contributed by atoms with Gasteiger partial charge < -0.3 is 9.73 Å². The average Bonchev–Trinajstić information content (AvgIpc) is 2.64. The van der Waals surface area contributed by atoms with Crippen LogP contribution in [0.5, 0.6) is 0 Å². The van der Waals surface area contributed by atoms with E-state index in [1.807, 2.05) is 6.07 Å². The Hall–Kier alpha value is -1.02. The van der Waals surface area contributed by atoms with Crippen LogP contribution in [-0.4, -0.2) is 12.6 Å². The van der Waals surface area contributed by atoms with E-state index in [1.165, 1.54) is 5.57 Å². The van der Waals surface area contributed by atoms with E-state index in [2.05, 4.69) is 32.2 Å². The molecule has 0 saturated heterocycles. The van der Waals surface area contributed by atoms with E-state index < -0.39 is 0 Å². The molecule has 0 aliphatic heterocycles. The van der Waals surface area contributed by atoms with E-state index in [-0.39, 0.29) is 0 Å². The van der Waals surface area contributed by atoms with Crippen molar-refractivity contribution in [2.24, 2.45) is 0 Å². The van der Waals surface area contributed by atoms with Crippen molar-refractivity contribution in [2.45, 2.75) is 33.2 Å². The molecule has 2 heteroatoms. The normalized spacial score (nSPS) is 12.4. The van der Waals surface area contributed by atoms with Gasteiger partial charge in [-0.3, -0.25) is 0 Å². The van der Waals surface area contributed by atoms with Gasteiger partial charge in [-0.05, 0) is 12.5 Å². The van der Waals surface area contributed by atoms with Crippen LogP contribution in [-0.2, 0) is 0 Å². The van der Waals surface area contributed by atoms with Crippen molar-refractivity contribution in [1.82, 2.24) is 5.32 Å². The lowest BCUT2D eigenvalue weighted by Gasteiger charge is -2.09. The van der Waals surface area contributed by atoms with Gasteiger partial charge in [-0.1, -0.05) is 32.4 Å². The van der Waals surface area contributed by atoms with E-state index in [0.29, 0.717) is 6.04 Å². The second-order valence-electron chi connectivity index (χ2n) is 3.75. The highest BCUT2D eigenvalue weighted by atomic mass is 16.3. The third-order valence-electron chi connectivity index (χ3n) is 2.11. The van der Waals surface area contributed by atoms with Crippen LogP contribution < -0.4 is 5.32 Å². The quantitative estimate of drug-likeness (QED) is 0.777. The van der Waals surface area contributed by atoms with Gasteiger partial charge in [0, 0.05) is 18.2 Å². The first-order valence-corrected chi connectivity index (χ1v) is 5.17. The Bertz CT molecular complexity index is 273. The highest BCUT2D eigenvalue weighted by molar-refractivity contribution is 5.51. The fraction of sp³-hybridized carbons (Fsp3) is 0.500. The number of nitrogens with one attached hydrogen (secondary N) is 1. The van der Waals surface area contributed by atoms with Crippen molar-refractivity contribution in [3.8, 4) is 0 Å². The van der Waals surface area contributed by atoms with Gasteiger partial charge in [0.05, 0.1) is 12.5 Å². The highest BCUT2D eigenvalue weighted by Crippen LogP contribution is 2.09. The fourth-order valence-corrected chi connectivity index (χ4v) is 1.21. The molecule has 1 N–H and O–H groups in total. The minimum absolute atomic E-state index is 0.536. The first-order valence-electron chi connectivity index (χ1n) is 5.17. The van der Waals surface area contributed by atoms with Gasteiger partial charge in [0.15, 0.2) is 0 Å². The minimum Gasteiger partial charge on any atom is -0.472 e. The van der Waals surface area contributed by atoms with Gasteiger partial charge in [-0.25, -0.2) is 0 Å². The molecule has 0 bridgehead atoms. The highest BCUT2D eigenvalue weighted by Gasteiger charge is 1.97. The van der Waals surface area contributed by atoms with Gasteiger partial charge >= 0.3 is 0 Å². The zero-order valence-electron chi connectivity index (χ0n) is 9.21. The Morgan fingerprint density at radius 2 is 2.36 bits per heavy atom. The predicted octanol–water partition coefficient (Wildman–Crippen LogP) is 3.07. The van der Waals surface area contributed by atoms with Gasteiger partial charge in [-0.2, -0.15) is 0 Å². The second kappa shape index (κ2) is 5.66. The van der Waals surface area contributed by atoms with Crippen LogP contribution in [0.15, 0.2) is 28.6 Å². The Labute approximate surface area is 86.0 Å². The molecule has 0 radical (unpaired) electrons. The van der Waals surface area contributed by atoms with Crippen molar-refractivity contribution in [2.75, 3.05) is 6.54 Å². The molecule has 0 atom stereocenters. The maximum absolute atomic E-state index is 5.02. The monoisotopic (exact) mass is 193 g/mol. The number of furan rings is 1. The summed E-state index contributed by atoms with van der Waals surface area (Å²) in [5.74, 6) is 0. The standard InChI is InChI=1S/C12H19NO/c1-4-11(8-13-10(2)3)7-12-5-6-14-9-12/h5-7,9-10,13H,4,8H2,1-3H3. The smallest absolute Gasteiger partial charge is 0.0974 e. The molecule has 1 aromatic rings. The van der Waals surface area contributed by atoms with Crippen LogP contribution in [0, 0.1) is 0 Å². The SMILES string of the molecule is CCC(=Cc1ccoc1)CNC(C)C. The minimum atomic E-state index is 0.536. The van der Waals surface area contributed by atoms with Crippen LogP contribution in [0.4, 0.5) is 0 Å². The Balaban J connectivity index is 2.53. The second-order valence-corrected chi connectivity index (χ2v) is 3.75. The third kappa shape index (κ3) is 3.79. The summed E-state index contributed by atoms with van der Waals surface area (Å²) in [5, 5.41) is 3.41. The zero-order valence-corrected chi connectivity index (χ0v) is 9.21. The summed E-state index contributed by atoms with van der Waals surface area (Å²) in [6.45, 7) is 7.45. The molecule has 14 heavy (non-hydrogen) atoms. The van der Waals surface area contributed by atoms with Crippen LogP contribution in [0.3, 0.4) is 0 Å². The Morgan fingerprint density at radius 1 is 1.57 bits per heavy atom. The molecule has 0 aromatic carbocycles. The summed E-state index contributed by atoms with van der Waals surface area (Å²) in [7, 11) is 0. The molecule has 78 valence electrons. The van der Waals surface area contributed by atoms with Gasteiger partial charge in [-0.15, -0.1) is 0 Å². The first-order chi connectivity index (χ1) is 6.72. The summed E-state index contributed by atoms with van der Waals surface area (Å²) in [5.41, 5.74) is 2.55. The van der Waals surface area contributed by atoms with E-state index in [4.69, 9.17) is 4.42 Å². The van der Waals surface area contributed by atoms with Crippen molar-refractivity contribution >= 4 is 6.08 Å². The summed E-state index contributed by atoms with van der Waals surface area (Å²) < 4.78 is 5.02. The summed E-state index contributed by atoms with van der Waals surface area (Å²) in [4.78, 5) is 0. The number of hydrogen-bond donors (Lipinski definition) is 1. The van der Waals surface area contributed by atoms with E-state index in [1.54, 1.807) is 12.5 Å². The Kier molecular flexibility index (Phi) is 4.47. The van der Waals surface area contributed by atoms with Crippen molar-refractivity contribution in [1.29, 1.82) is 0 Å². The lowest BCUT2D eigenvalue weighted by molar-refractivity contribution is 0.566. The molecular weight excluding hydrogens is 174 g/mol. The van der Waals surface area contributed by atoms with Gasteiger partial charge in [0.2, 0.25) is 0 Å². The van der Waals surface area contributed by atoms with Gasteiger partial charge in [0.1, 0.15) is 0 Å². The van der Waals surface area contributed by atoms with Crippen molar-refractivity contribution in [3.63, 3.8) is 0 Å². The topological polar surface area (TPSA) is 25.2 Å². The molecule has 1 heterocycles. The molecule has 0 amide bonds. The molecule has 0 aliphatic rings. The lowest BCUT2D eigenvalue weighted by Crippen LogP contribution is -2.24. The summed E-state index contributed by atoms with van der Waals surface area (Å²) in [6, 6.07) is 2.51. The molecular formula is C12H19NO. The number of hydrogen-bond acceptors (Lipinski definition) is 2. The van der Waals surface area contributed by atoms with Crippen molar-refractivity contribution < 1.29 is 4.42 Å². The van der Waals surface area contributed by atoms with Crippen LogP contribution in [0.25, 0.3) is 6.08 Å². The summed E-state index contributed by atoms with van der Waals surface area (Å²) >= 11 is 0. The maximum atomic E-state index is 5.02. The molecule has 0 fully saturated rings. The van der Waals surface area contributed by atoms with E-state index >= 15 is 0 Å². The predicted molar refractivity (Wildman–Crippen MR) is 60.1 cm³/mol. The van der Waals surface area contributed by atoms with Gasteiger partial charge in [0.25, 0.3) is 0 Å². The van der Waals surface area contributed by atoms with E-state index in [9.17, 15) is 0 Å². The van der Waals surface area contributed by atoms with Crippen LogP contribution in [0.2, 0.25) is 0 Å². The van der Waals surface area contributed by atoms with Crippen LogP contribution >= 0.6 is 0 Å². The molecule has 0 spiro atoms. The van der Waals surface area contributed by atoms with Crippen molar-refractivity contribution in [3.05, 3.63) is 29.7 Å². The average molecular weight is 193 g/mol. The summed E-state index contributed by atoms with van der Waals surface area (Å²) in [6.07, 6.45) is 6.73. The maximum Gasteiger partial charge on any atom is 0.0974 e. The largest absolute Gasteiger partial charge is 0.472 e. The lowest BCUT2D eigenvalue weighted by atomic mass is 10.1.